The highest BCUT2D eigenvalue weighted by atomic mass is 16.6. The minimum atomic E-state index is -0.342. The Balaban J connectivity index is 1.06. The predicted molar refractivity (Wildman–Crippen MR) is 183 cm³/mol. The first-order valence-electron chi connectivity index (χ1n) is 17.0. The third-order valence-corrected chi connectivity index (χ3v) is 8.00. The van der Waals surface area contributed by atoms with Crippen molar-refractivity contribution in [2.24, 2.45) is 0 Å². The van der Waals surface area contributed by atoms with Gasteiger partial charge in [0.25, 0.3) is 23.6 Å². The van der Waals surface area contributed by atoms with E-state index in [1.165, 1.54) is 34.1 Å². The minimum Gasteiger partial charge on any atom is -0.487 e. The molecule has 2 atom stereocenters. The van der Waals surface area contributed by atoms with Gasteiger partial charge in [-0.2, -0.15) is 0 Å². The van der Waals surface area contributed by atoms with Crippen LogP contribution in [-0.2, 0) is 38.2 Å². The van der Waals surface area contributed by atoms with Crippen molar-refractivity contribution in [3.63, 3.8) is 0 Å². The average Bonchev–Trinajstić information content (AvgIpc) is 3.60. The Labute approximate surface area is 292 Å². The van der Waals surface area contributed by atoms with Crippen LogP contribution in [-0.4, -0.2) is 83.9 Å². The lowest BCUT2D eigenvalue weighted by atomic mass is 10.1. The maximum Gasteiger partial charge on any atom is 0.305 e. The van der Waals surface area contributed by atoms with Gasteiger partial charge in [-0.1, -0.05) is 37.1 Å². The number of ether oxygens (including phenoxy) is 4. The predicted octanol–water partition coefficient (Wildman–Crippen LogP) is 4.95. The molecular weight excluding hydrogens is 644 g/mol. The van der Waals surface area contributed by atoms with Crippen molar-refractivity contribution in [1.82, 2.24) is 9.80 Å². The SMILES string of the molecule is CC(COC(=O)CCCCCN1C(=O)C=CC1=O)Oc1ccc(-c2ccc(OC(C)COC(=O)CCCCCN3C(=O)C=CC3=O)cc2)cc1. The molecule has 2 aromatic carbocycles. The molecule has 12 heteroatoms. The van der Waals surface area contributed by atoms with Crippen LogP contribution < -0.4 is 9.47 Å². The van der Waals surface area contributed by atoms with E-state index < -0.39 is 0 Å². The molecule has 0 saturated carbocycles. The molecule has 266 valence electrons. The first-order valence-corrected chi connectivity index (χ1v) is 17.0. The summed E-state index contributed by atoms with van der Waals surface area (Å²) < 4.78 is 22.5. The quantitative estimate of drug-likeness (QED) is 0.100. The van der Waals surface area contributed by atoms with Crippen molar-refractivity contribution in [3.05, 3.63) is 72.8 Å². The number of hydrogen-bond donors (Lipinski definition) is 0. The van der Waals surface area contributed by atoms with Gasteiger partial charge in [0.2, 0.25) is 0 Å². The highest BCUT2D eigenvalue weighted by molar-refractivity contribution is 6.13. The normalized spacial score (nSPS) is 15.1. The minimum absolute atomic E-state index is 0.118. The number of benzene rings is 2. The van der Waals surface area contributed by atoms with Gasteiger partial charge in [-0.3, -0.25) is 38.6 Å². The van der Waals surface area contributed by atoms with E-state index in [0.29, 0.717) is 63.1 Å². The van der Waals surface area contributed by atoms with E-state index in [4.69, 9.17) is 18.9 Å². The number of nitrogens with zero attached hydrogens (tertiary/aromatic N) is 2. The van der Waals surface area contributed by atoms with Gasteiger partial charge in [0, 0.05) is 50.2 Å². The zero-order valence-electron chi connectivity index (χ0n) is 28.5. The van der Waals surface area contributed by atoms with Crippen LogP contribution in [0.2, 0.25) is 0 Å². The Hall–Kier alpha value is -5.26. The van der Waals surface area contributed by atoms with Gasteiger partial charge in [0.05, 0.1) is 0 Å². The molecule has 0 spiro atoms. The van der Waals surface area contributed by atoms with Crippen molar-refractivity contribution in [2.45, 2.75) is 77.4 Å². The van der Waals surface area contributed by atoms with Crippen LogP contribution in [0.15, 0.2) is 72.8 Å². The lowest BCUT2D eigenvalue weighted by Crippen LogP contribution is -2.30. The number of hydrogen-bond acceptors (Lipinski definition) is 10. The van der Waals surface area contributed by atoms with E-state index in [1.807, 2.05) is 62.4 Å². The topological polar surface area (TPSA) is 146 Å². The van der Waals surface area contributed by atoms with Gasteiger partial charge in [0.1, 0.15) is 36.9 Å². The summed E-state index contributed by atoms with van der Waals surface area (Å²) in [7, 11) is 0. The van der Waals surface area contributed by atoms with Crippen molar-refractivity contribution in [1.29, 1.82) is 0 Å². The number of carbonyl (C=O) groups is 6. The van der Waals surface area contributed by atoms with Crippen LogP contribution in [0.25, 0.3) is 11.1 Å². The molecule has 50 heavy (non-hydrogen) atoms. The molecule has 0 fully saturated rings. The molecule has 2 aliphatic rings. The summed E-state index contributed by atoms with van der Waals surface area (Å²) in [5.74, 6) is -0.515. The third-order valence-electron chi connectivity index (χ3n) is 8.00. The molecule has 12 nitrogen and oxygen atoms in total. The van der Waals surface area contributed by atoms with E-state index >= 15 is 0 Å². The monoisotopic (exact) mass is 688 g/mol. The fourth-order valence-corrected chi connectivity index (χ4v) is 5.28. The Bertz CT molecular complexity index is 1410. The zero-order chi connectivity index (χ0) is 35.9. The van der Waals surface area contributed by atoms with Crippen LogP contribution in [0, 0.1) is 0 Å². The van der Waals surface area contributed by atoms with Crippen LogP contribution in [0.5, 0.6) is 11.5 Å². The van der Waals surface area contributed by atoms with Crippen LogP contribution in [0.4, 0.5) is 0 Å². The first kappa shape index (κ1) is 37.6. The van der Waals surface area contributed by atoms with E-state index in [0.717, 1.165) is 11.1 Å². The highest BCUT2D eigenvalue weighted by Crippen LogP contribution is 2.25. The molecule has 0 aliphatic carbocycles. The Kier molecular flexibility index (Phi) is 14.3. The maximum atomic E-state index is 12.1. The summed E-state index contributed by atoms with van der Waals surface area (Å²) in [4.78, 5) is 72.9. The van der Waals surface area contributed by atoms with Gasteiger partial charge >= 0.3 is 11.9 Å². The lowest BCUT2D eigenvalue weighted by Gasteiger charge is -2.16. The van der Waals surface area contributed by atoms with Gasteiger partial charge in [-0.05, 0) is 74.9 Å². The zero-order valence-corrected chi connectivity index (χ0v) is 28.5. The second-order valence-electron chi connectivity index (χ2n) is 12.2. The molecule has 4 rings (SSSR count). The fourth-order valence-electron chi connectivity index (χ4n) is 5.28. The first-order chi connectivity index (χ1) is 24.1. The molecule has 2 aromatic rings. The summed E-state index contributed by atoms with van der Waals surface area (Å²) in [5.41, 5.74) is 1.96. The van der Waals surface area contributed by atoms with Gasteiger partial charge < -0.3 is 18.9 Å². The van der Waals surface area contributed by atoms with Crippen LogP contribution in [0.1, 0.15) is 65.2 Å². The Morgan fingerprint density at radius 2 is 0.860 bits per heavy atom. The second kappa shape index (κ2) is 19.1. The maximum absolute atomic E-state index is 12.1. The molecular formula is C38H44N2O10. The van der Waals surface area contributed by atoms with Crippen molar-refractivity contribution < 1.29 is 47.7 Å². The van der Waals surface area contributed by atoms with E-state index in [9.17, 15) is 28.8 Å². The highest BCUT2D eigenvalue weighted by Gasteiger charge is 2.23. The number of carbonyl (C=O) groups excluding carboxylic acids is 6. The van der Waals surface area contributed by atoms with E-state index in [1.54, 1.807) is 0 Å². The van der Waals surface area contributed by atoms with E-state index in [-0.39, 0.29) is 73.8 Å². The molecule has 2 unspecified atom stereocenters. The molecule has 0 N–H and O–H groups in total. The average molecular weight is 689 g/mol. The number of amides is 4. The number of unbranched alkanes of at least 4 members (excludes halogenated alkanes) is 4. The molecule has 0 saturated heterocycles. The largest absolute Gasteiger partial charge is 0.487 e. The summed E-state index contributed by atoms with van der Waals surface area (Å²) in [6.07, 6.45) is 8.79. The van der Waals surface area contributed by atoms with Crippen molar-refractivity contribution in [3.8, 4) is 22.6 Å². The standard InChI is InChI=1S/C38H44N2O10/c1-27(25-47-37(45)9-5-3-7-23-39-33(41)19-20-34(39)42)49-31-15-11-29(12-16-31)30-13-17-32(18-14-30)50-28(2)26-48-38(46)10-6-4-8-24-40-35(43)21-22-36(40)44/h11-22,27-28H,3-10,23-26H2,1-2H3. The third kappa shape index (κ3) is 12.0. The number of imide groups is 2. The molecule has 0 aromatic heterocycles. The molecule has 2 aliphatic heterocycles. The van der Waals surface area contributed by atoms with Gasteiger partial charge in [-0.15, -0.1) is 0 Å². The molecule has 0 bridgehead atoms. The Morgan fingerprint density at radius 1 is 0.520 bits per heavy atom. The van der Waals surface area contributed by atoms with Gasteiger partial charge in [-0.25, -0.2) is 0 Å². The molecule has 2 heterocycles. The van der Waals surface area contributed by atoms with Crippen molar-refractivity contribution in [2.75, 3.05) is 26.3 Å². The smallest absolute Gasteiger partial charge is 0.305 e. The lowest BCUT2D eigenvalue weighted by molar-refractivity contribution is -0.146. The van der Waals surface area contributed by atoms with Crippen molar-refractivity contribution >= 4 is 35.6 Å². The Morgan fingerprint density at radius 3 is 1.20 bits per heavy atom. The second-order valence-corrected chi connectivity index (χ2v) is 12.2. The molecule has 0 radical (unpaired) electrons. The van der Waals surface area contributed by atoms with Crippen LogP contribution >= 0.6 is 0 Å². The summed E-state index contributed by atoms with van der Waals surface area (Å²) in [5, 5.41) is 0. The molecule has 4 amide bonds. The van der Waals surface area contributed by atoms with Crippen LogP contribution in [0.3, 0.4) is 0 Å². The van der Waals surface area contributed by atoms with Gasteiger partial charge in [0.15, 0.2) is 0 Å². The van der Waals surface area contributed by atoms with E-state index in [2.05, 4.69) is 0 Å². The summed E-state index contributed by atoms with van der Waals surface area (Å²) in [6, 6.07) is 15.2. The summed E-state index contributed by atoms with van der Waals surface area (Å²) in [6.45, 7) is 4.59. The number of rotatable bonds is 21. The number of esters is 2. The fraction of sp³-hybridized carbons (Fsp3) is 0.421. The summed E-state index contributed by atoms with van der Waals surface area (Å²) >= 11 is 0.